The summed E-state index contributed by atoms with van der Waals surface area (Å²) < 4.78 is 11.6. The van der Waals surface area contributed by atoms with E-state index in [2.05, 4.69) is 15.6 Å². The molecule has 1 amide bonds. The van der Waals surface area contributed by atoms with Crippen molar-refractivity contribution in [2.24, 2.45) is 0 Å². The zero-order valence-corrected chi connectivity index (χ0v) is 18.3. The second kappa shape index (κ2) is 12.1. The Morgan fingerprint density at radius 2 is 2.22 bits per heavy atom. The maximum absolute atomic E-state index is 12.7. The molecule has 32 heavy (non-hydrogen) atoms. The first-order chi connectivity index (χ1) is 15.6. The zero-order valence-electron chi connectivity index (χ0n) is 17.4. The van der Waals surface area contributed by atoms with Gasteiger partial charge in [-0.1, -0.05) is 6.07 Å². The largest absolute Gasteiger partial charge is 0.459 e. The SMILES string of the molecule is O=C(NCCNc1ccc([N+](=O)[O-])cn1)C1=C[C@@H](c2cccs2)C[C@@H](OCCCCO)O1. The molecule has 11 heteroatoms. The first kappa shape index (κ1) is 23.6. The molecule has 2 aromatic rings. The van der Waals surface area contributed by atoms with Gasteiger partial charge < -0.3 is 25.2 Å². The third-order valence-corrected chi connectivity index (χ3v) is 5.73. The highest BCUT2D eigenvalue weighted by Crippen LogP contribution is 2.33. The minimum Gasteiger partial charge on any atom is -0.459 e. The van der Waals surface area contributed by atoms with Crippen LogP contribution in [0.25, 0.3) is 0 Å². The van der Waals surface area contributed by atoms with Crippen LogP contribution in [0.5, 0.6) is 0 Å². The average molecular weight is 463 g/mol. The fraction of sp³-hybridized carbons (Fsp3) is 0.429. The summed E-state index contributed by atoms with van der Waals surface area (Å²) in [6.07, 6.45) is 4.44. The summed E-state index contributed by atoms with van der Waals surface area (Å²) in [4.78, 5) is 27.9. The van der Waals surface area contributed by atoms with E-state index in [0.29, 0.717) is 44.8 Å². The number of hydrogen-bond donors (Lipinski definition) is 3. The smallest absolute Gasteiger partial charge is 0.287 e. The number of aliphatic hydroxyl groups excluding tert-OH is 1. The van der Waals surface area contributed by atoms with Crippen LogP contribution >= 0.6 is 11.3 Å². The number of aliphatic hydroxyl groups is 1. The van der Waals surface area contributed by atoms with Crippen molar-refractivity contribution in [3.63, 3.8) is 0 Å². The molecule has 0 saturated carbocycles. The molecule has 172 valence electrons. The number of hydrogen-bond acceptors (Lipinski definition) is 9. The lowest BCUT2D eigenvalue weighted by Crippen LogP contribution is -2.35. The van der Waals surface area contributed by atoms with E-state index in [0.717, 1.165) is 4.88 Å². The van der Waals surface area contributed by atoms with Crippen molar-refractivity contribution >= 4 is 28.7 Å². The first-order valence-corrected chi connectivity index (χ1v) is 11.2. The summed E-state index contributed by atoms with van der Waals surface area (Å²) in [5, 5.41) is 27.4. The lowest BCUT2D eigenvalue weighted by Gasteiger charge is -2.28. The normalized spacial score (nSPS) is 17.8. The monoisotopic (exact) mass is 462 g/mol. The number of carbonyl (C=O) groups excluding carboxylic acids is 1. The first-order valence-electron chi connectivity index (χ1n) is 10.3. The number of unbranched alkanes of at least 4 members (excludes halogenated alkanes) is 1. The maximum atomic E-state index is 12.7. The van der Waals surface area contributed by atoms with Gasteiger partial charge in [0.25, 0.3) is 11.6 Å². The van der Waals surface area contributed by atoms with Crippen LogP contribution in [0.1, 0.15) is 30.1 Å². The molecule has 2 atom stereocenters. The summed E-state index contributed by atoms with van der Waals surface area (Å²) in [5.41, 5.74) is -0.0846. The van der Waals surface area contributed by atoms with Crippen LogP contribution in [-0.4, -0.2) is 53.5 Å². The predicted octanol–water partition coefficient (Wildman–Crippen LogP) is 2.78. The van der Waals surface area contributed by atoms with Crippen LogP contribution in [0.3, 0.4) is 0 Å². The van der Waals surface area contributed by atoms with Crippen LogP contribution < -0.4 is 10.6 Å². The van der Waals surface area contributed by atoms with Crippen molar-refractivity contribution in [1.29, 1.82) is 0 Å². The Morgan fingerprint density at radius 3 is 2.91 bits per heavy atom. The molecule has 3 N–H and O–H groups in total. The van der Waals surface area contributed by atoms with E-state index in [1.54, 1.807) is 11.3 Å². The van der Waals surface area contributed by atoms with E-state index in [1.807, 2.05) is 23.6 Å². The van der Waals surface area contributed by atoms with Crippen LogP contribution in [-0.2, 0) is 14.3 Å². The van der Waals surface area contributed by atoms with E-state index in [9.17, 15) is 14.9 Å². The predicted molar refractivity (Wildman–Crippen MR) is 119 cm³/mol. The van der Waals surface area contributed by atoms with Gasteiger partial charge in [-0.15, -0.1) is 11.3 Å². The number of ether oxygens (including phenoxy) is 2. The second-order valence-electron chi connectivity index (χ2n) is 7.08. The molecule has 0 radical (unpaired) electrons. The Labute approximate surface area is 189 Å². The molecular weight excluding hydrogens is 436 g/mol. The third kappa shape index (κ3) is 7.01. The number of anilines is 1. The summed E-state index contributed by atoms with van der Waals surface area (Å²) in [5.74, 6) is 0.380. The number of pyridine rings is 1. The van der Waals surface area contributed by atoms with Crippen molar-refractivity contribution in [3.05, 3.63) is 62.7 Å². The Morgan fingerprint density at radius 1 is 1.34 bits per heavy atom. The van der Waals surface area contributed by atoms with Gasteiger partial charge in [0.1, 0.15) is 12.0 Å². The zero-order chi connectivity index (χ0) is 22.8. The molecule has 3 heterocycles. The number of rotatable bonds is 12. The summed E-state index contributed by atoms with van der Waals surface area (Å²) in [7, 11) is 0. The van der Waals surface area contributed by atoms with Crippen molar-refractivity contribution < 1.29 is 24.3 Å². The summed E-state index contributed by atoms with van der Waals surface area (Å²) >= 11 is 1.62. The van der Waals surface area contributed by atoms with Crippen molar-refractivity contribution in [3.8, 4) is 0 Å². The number of aromatic nitrogens is 1. The molecule has 1 aliphatic rings. The Bertz CT molecular complexity index is 904. The van der Waals surface area contributed by atoms with E-state index in [-0.39, 0.29) is 29.9 Å². The number of carbonyl (C=O) groups is 1. The molecule has 0 spiro atoms. The van der Waals surface area contributed by atoms with Gasteiger partial charge in [0.2, 0.25) is 6.29 Å². The number of amides is 1. The van der Waals surface area contributed by atoms with E-state index >= 15 is 0 Å². The molecule has 2 aromatic heterocycles. The van der Waals surface area contributed by atoms with Gasteiger partial charge in [0.15, 0.2) is 5.76 Å². The van der Waals surface area contributed by atoms with Crippen LogP contribution in [0.4, 0.5) is 11.5 Å². The van der Waals surface area contributed by atoms with Crippen LogP contribution in [0.15, 0.2) is 47.7 Å². The fourth-order valence-corrected chi connectivity index (χ4v) is 3.91. The topological polar surface area (TPSA) is 136 Å². The Balaban J connectivity index is 1.51. The van der Waals surface area contributed by atoms with Crippen molar-refractivity contribution in [2.45, 2.75) is 31.5 Å². The molecule has 0 saturated heterocycles. The minimum atomic E-state index is -0.533. The molecule has 0 aromatic carbocycles. The molecule has 3 rings (SSSR count). The van der Waals surface area contributed by atoms with E-state index < -0.39 is 11.2 Å². The standard InChI is InChI=1S/C21H26N4O6S/c26-9-1-2-10-30-20-13-15(18-4-3-11-32-18)12-17(31-20)21(27)23-8-7-22-19-6-5-16(14-24-19)25(28)29/h3-6,11-12,14-15,20,26H,1-2,7-10,13H2,(H,22,24)(H,23,27)/t15-,20+/m1/s1. The third-order valence-electron chi connectivity index (χ3n) is 4.72. The Hall–Kier alpha value is -3.02. The van der Waals surface area contributed by atoms with Gasteiger partial charge in [-0.25, -0.2) is 4.98 Å². The van der Waals surface area contributed by atoms with Gasteiger partial charge in [0.05, 0.1) is 11.5 Å². The average Bonchev–Trinajstić information content (AvgIpc) is 3.35. The minimum absolute atomic E-state index is 0.0229. The fourth-order valence-electron chi connectivity index (χ4n) is 3.10. The molecule has 0 unspecified atom stereocenters. The lowest BCUT2D eigenvalue weighted by molar-refractivity contribution is -0.385. The van der Waals surface area contributed by atoms with E-state index in [4.69, 9.17) is 14.6 Å². The number of allylic oxidation sites excluding steroid dienone is 1. The van der Waals surface area contributed by atoms with Gasteiger partial charge in [-0.3, -0.25) is 14.9 Å². The molecule has 10 nitrogen and oxygen atoms in total. The highest BCUT2D eigenvalue weighted by molar-refractivity contribution is 7.10. The molecule has 1 aliphatic heterocycles. The lowest BCUT2D eigenvalue weighted by atomic mass is 9.99. The van der Waals surface area contributed by atoms with Gasteiger partial charge >= 0.3 is 0 Å². The quantitative estimate of drug-likeness (QED) is 0.249. The number of thiophene rings is 1. The summed E-state index contributed by atoms with van der Waals surface area (Å²) in [6, 6.07) is 6.87. The highest BCUT2D eigenvalue weighted by atomic mass is 32.1. The second-order valence-corrected chi connectivity index (χ2v) is 8.06. The highest BCUT2D eigenvalue weighted by Gasteiger charge is 2.29. The Kier molecular flexibility index (Phi) is 8.96. The number of nitro groups is 1. The van der Waals surface area contributed by atoms with Crippen molar-refractivity contribution in [2.75, 3.05) is 31.6 Å². The molecule has 0 aliphatic carbocycles. The van der Waals surface area contributed by atoms with Gasteiger partial charge in [-0.05, 0) is 36.4 Å². The van der Waals surface area contributed by atoms with E-state index in [1.165, 1.54) is 18.3 Å². The molecular formula is C21H26N4O6S. The van der Waals surface area contributed by atoms with Gasteiger partial charge in [-0.2, -0.15) is 0 Å². The van der Waals surface area contributed by atoms with Crippen molar-refractivity contribution in [1.82, 2.24) is 10.3 Å². The summed E-state index contributed by atoms with van der Waals surface area (Å²) in [6.45, 7) is 1.26. The number of nitrogens with one attached hydrogen (secondary N) is 2. The molecule has 0 bridgehead atoms. The van der Waals surface area contributed by atoms with Crippen LogP contribution in [0.2, 0.25) is 0 Å². The maximum Gasteiger partial charge on any atom is 0.287 e. The van der Waals surface area contributed by atoms with Crippen LogP contribution in [0, 0.1) is 10.1 Å². The number of nitrogens with zero attached hydrogens (tertiary/aromatic N) is 2. The molecule has 0 fully saturated rings. The van der Waals surface area contributed by atoms with Gasteiger partial charge in [0, 0.05) is 43.0 Å².